The molecule has 1 amide bonds. The zero-order valence-corrected chi connectivity index (χ0v) is 11.3. The fraction of sp³-hybridized carbons (Fsp3) is 0.500. The van der Waals surface area contributed by atoms with E-state index in [4.69, 9.17) is 10.5 Å². The molecule has 0 fully saturated rings. The van der Waals surface area contributed by atoms with Crippen LogP contribution in [0.25, 0.3) is 0 Å². The van der Waals surface area contributed by atoms with Crippen molar-refractivity contribution in [1.29, 1.82) is 0 Å². The summed E-state index contributed by atoms with van der Waals surface area (Å²) in [5.41, 5.74) is 6.62. The molecule has 0 spiro atoms. The van der Waals surface area contributed by atoms with E-state index in [1.54, 1.807) is 7.11 Å². The van der Waals surface area contributed by atoms with Crippen molar-refractivity contribution in [1.82, 2.24) is 5.32 Å². The Labute approximate surface area is 109 Å². The molecule has 1 aromatic carbocycles. The molecule has 0 aliphatic heterocycles. The molecule has 0 bridgehead atoms. The Morgan fingerprint density at radius 1 is 1.44 bits per heavy atom. The number of hydrogen-bond donors (Lipinski definition) is 2. The number of benzene rings is 1. The first-order valence-electron chi connectivity index (χ1n) is 6.19. The largest absolute Gasteiger partial charge is 0.497 e. The van der Waals surface area contributed by atoms with Crippen molar-refractivity contribution in [2.45, 2.75) is 20.4 Å². The van der Waals surface area contributed by atoms with Crippen LogP contribution in [0.5, 0.6) is 5.75 Å². The molecule has 0 aliphatic carbocycles. The summed E-state index contributed by atoms with van der Waals surface area (Å²) < 4.78 is 5.14. The van der Waals surface area contributed by atoms with Gasteiger partial charge in [0.1, 0.15) is 5.75 Å². The molecule has 3 N–H and O–H groups in total. The topological polar surface area (TPSA) is 64.3 Å². The Morgan fingerprint density at radius 3 is 2.72 bits per heavy atom. The number of ether oxygens (including phenoxy) is 1. The minimum Gasteiger partial charge on any atom is -0.497 e. The first-order chi connectivity index (χ1) is 8.58. The first kappa shape index (κ1) is 14.5. The molecule has 100 valence electrons. The number of carbonyl (C=O) groups excluding carboxylic acids is 1. The molecule has 0 heterocycles. The van der Waals surface area contributed by atoms with Crippen molar-refractivity contribution < 1.29 is 9.53 Å². The quantitative estimate of drug-likeness (QED) is 0.805. The van der Waals surface area contributed by atoms with Crippen molar-refractivity contribution in [3.63, 3.8) is 0 Å². The van der Waals surface area contributed by atoms with Crippen molar-refractivity contribution >= 4 is 5.91 Å². The molecule has 1 unspecified atom stereocenters. The number of carbonyl (C=O) groups is 1. The number of amides is 1. The highest BCUT2D eigenvalue weighted by atomic mass is 16.5. The Kier molecular flexibility index (Phi) is 5.65. The third kappa shape index (κ3) is 4.04. The van der Waals surface area contributed by atoms with Crippen molar-refractivity contribution in [3.8, 4) is 5.75 Å². The van der Waals surface area contributed by atoms with Gasteiger partial charge in [0.05, 0.1) is 13.0 Å². The van der Waals surface area contributed by atoms with E-state index in [1.165, 1.54) is 0 Å². The highest BCUT2D eigenvalue weighted by molar-refractivity contribution is 5.79. The molecule has 0 saturated carbocycles. The average molecular weight is 250 g/mol. The minimum absolute atomic E-state index is 0.00956. The summed E-state index contributed by atoms with van der Waals surface area (Å²) in [7, 11) is 1.63. The van der Waals surface area contributed by atoms with Crippen LogP contribution in [0.15, 0.2) is 24.3 Å². The van der Waals surface area contributed by atoms with Crippen LogP contribution in [-0.4, -0.2) is 19.6 Å². The summed E-state index contributed by atoms with van der Waals surface area (Å²) in [4.78, 5) is 11.9. The van der Waals surface area contributed by atoms with Gasteiger partial charge in [-0.1, -0.05) is 26.0 Å². The van der Waals surface area contributed by atoms with E-state index in [1.807, 2.05) is 38.1 Å². The van der Waals surface area contributed by atoms with Crippen molar-refractivity contribution in [2.24, 2.45) is 17.6 Å². The van der Waals surface area contributed by atoms with Gasteiger partial charge in [-0.3, -0.25) is 4.79 Å². The molecule has 0 radical (unpaired) electrons. The predicted octanol–water partition coefficient (Wildman–Crippen LogP) is 1.54. The van der Waals surface area contributed by atoms with Gasteiger partial charge in [0, 0.05) is 13.1 Å². The summed E-state index contributed by atoms with van der Waals surface area (Å²) in [5, 5.41) is 2.91. The molecule has 1 atom stereocenters. The number of nitrogens with one attached hydrogen (secondary N) is 1. The zero-order valence-electron chi connectivity index (χ0n) is 11.3. The number of methoxy groups -OCH3 is 1. The molecular weight excluding hydrogens is 228 g/mol. The van der Waals surface area contributed by atoms with Crippen LogP contribution >= 0.6 is 0 Å². The van der Waals surface area contributed by atoms with Crippen LogP contribution in [-0.2, 0) is 11.3 Å². The molecule has 0 aliphatic rings. The third-order valence-electron chi connectivity index (χ3n) is 3.00. The molecule has 0 aromatic heterocycles. The maximum Gasteiger partial charge on any atom is 0.224 e. The Bertz CT molecular complexity index is 391. The smallest absolute Gasteiger partial charge is 0.224 e. The molecule has 0 saturated heterocycles. The van der Waals surface area contributed by atoms with E-state index < -0.39 is 0 Å². The highest BCUT2D eigenvalue weighted by Gasteiger charge is 2.19. The minimum atomic E-state index is -0.129. The van der Waals surface area contributed by atoms with E-state index in [0.29, 0.717) is 13.1 Å². The Balaban J connectivity index is 2.56. The van der Waals surface area contributed by atoms with Crippen LogP contribution < -0.4 is 15.8 Å². The second-order valence-electron chi connectivity index (χ2n) is 4.66. The van der Waals surface area contributed by atoms with Crippen LogP contribution in [0.1, 0.15) is 19.4 Å². The maximum atomic E-state index is 11.9. The number of hydrogen-bond acceptors (Lipinski definition) is 3. The predicted molar refractivity (Wildman–Crippen MR) is 72.2 cm³/mol. The van der Waals surface area contributed by atoms with Gasteiger partial charge >= 0.3 is 0 Å². The Morgan fingerprint density at radius 2 is 2.17 bits per heavy atom. The van der Waals surface area contributed by atoms with Gasteiger partial charge < -0.3 is 15.8 Å². The summed E-state index contributed by atoms with van der Waals surface area (Å²) in [6.07, 6.45) is 0. The zero-order chi connectivity index (χ0) is 13.5. The van der Waals surface area contributed by atoms with Crippen LogP contribution in [0, 0.1) is 11.8 Å². The first-order valence-corrected chi connectivity index (χ1v) is 6.19. The van der Waals surface area contributed by atoms with Gasteiger partial charge in [-0.05, 0) is 23.6 Å². The third-order valence-corrected chi connectivity index (χ3v) is 3.00. The molecule has 1 aromatic rings. The molecule has 4 heteroatoms. The van der Waals surface area contributed by atoms with Gasteiger partial charge in [0.2, 0.25) is 5.91 Å². The van der Waals surface area contributed by atoms with Crippen LogP contribution in [0.4, 0.5) is 0 Å². The van der Waals surface area contributed by atoms with E-state index in [0.717, 1.165) is 11.3 Å². The lowest BCUT2D eigenvalue weighted by Gasteiger charge is -2.18. The monoisotopic (exact) mass is 250 g/mol. The molecule has 4 nitrogen and oxygen atoms in total. The molecule has 18 heavy (non-hydrogen) atoms. The molecular formula is C14H22N2O2. The van der Waals surface area contributed by atoms with Gasteiger partial charge in [-0.15, -0.1) is 0 Å². The van der Waals surface area contributed by atoms with E-state index in [9.17, 15) is 4.79 Å². The number of rotatable bonds is 6. The second kappa shape index (κ2) is 7.01. The van der Waals surface area contributed by atoms with Crippen molar-refractivity contribution in [3.05, 3.63) is 29.8 Å². The van der Waals surface area contributed by atoms with E-state index >= 15 is 0 Å². The lowest BCUT2D eigenvalue weighted by Crippen LogP contribution is -2.37. The fourth-order valence-electron chi connectivity index (χ4n) is 1.78. The SMILES string of the molecule is COc1cccc(CNC(=O)C(CN)C(C)C)c1. The van der Waals surface area contributed by atoms with E-state index in [2.05, 4.69) is 5.32 Å². The lowest BCUT2D eigenvalue weighted by molar-refractivity contribution is -0.126. The summed E-state index contributed by atoms with van der Waals surface area (Å²) >= 11 is 0. The maximum absolute atomic E-state index is 11.9. The highest BCUT2D eigenvalue weighted by Crippen LogP contribution is 2.13. The number of nitrogens with two attached hydrogens (primary N) is 1. The second-order valence-corrected chi connectivity index (χ2v) is 4.66. The van der Waals surface area contributed by atoms with Crippen LogP contribution in [0.3, 0.4) is 0 Å². The van der Waals surface area contributed by atoms with Crippen LogP contribution in [0.2, 0.25) is 0 Å². The van der Waals surface area contributed by atoms with Gasteiger partial charge in [0.15, 0.2) is 0 Å². The lowest BCUT2D eigenvalue weighted by atomic mass is 9.95. The Hall–Kier alpha value is -1.55. The standard InChI is InChI=1S/C14H22N2O2/c1-10(2)13(8-15)14(17)16-9-11-5-4-6-12(7-11)18-3/h4-7,10,13H,8-9,15H2,1-3H3,(H,16,17). The fourth-order valence-corrected chi connectivity index (χ4v) is 1.78. The van der Waals surface area contributed by atoms with E-state index in [-0.39, 0.29) is 17.7 Å². The summed E-state index contributed by atoms with van der Waals surface area (Å²) in [5.74, 6) is 0.923. The van der Waals surface area contributed by atoms with Gasteiger partial charge in [-0.25, -0.2) is 0 Å². The average Bonchev–Trinajstić information content (AvgIpc) is 2.37. The molecule has 1 rings (SSSR count). The summed E-state index contributed by atoms with van der Waals surface area (Å²) in [6, 6.07) is 7.65. The normalized spacial score (nSPS) is 12.3. The van der Waals surface area contributed by atoms with Crippen molar-refractivity contribution in [2.75, 3.05) is 13.7 Å². The van der Waals surface area contributed by atoms with Gasteiger partial charge in [-0.2, -0.15) is 0 Å². The van der Waals surface area contributed by atoms with Gasteiger partial charge in [0.25, 0.3) is 0 Å². The summed E-state index contributed by atoms with van der Waals surface area (Å²) in [6.45, 7) is 4.88.